The van der Waals surface area contributed by atoms with Crippen molar-refractivity contribution in [1.29, 1.82) is 0 Å². The van der Waals surface area contributed by atoms with E-state index in [2.05, 4.69) is 63.6 Å². The quantitative estimate of drug-likeness (QED) is 0.284. The third-order valence-electron chi connectivity index (χ3n) is 3.29. The first-order valence-corrected chi connectivity index (χ1v) is 7.84. The van der Waals surface area contributed by atoms with Crippen LogP contribution in [0, 0.1) is 0 Å². The second-order valence-electron chi connectivity index (χ2n) is 5.88. The molecule has 114 valence electrons. The lowest BCUT2D eigenvalue weighted by Gasteiger charge is -2.21. The fourth-order valence-electron chi connectivity index (χ4n) is 2.06. The third-order valence-corrected chi connectivity index (χ3v) is 4.05. The van der Waals surface area contributed by atoms with Crippen molar-refractivity contribution in [2.24, 2.45) is 0 Å². The molecular formula is C16H26O3S. The molecule has 0 unspecified atom stereocenters. The molecule has 0 bridgehead atoms. The van der Waals surface area contributed by atoms with Crippen molar-refractivity contribution in [3.63, 3.8) is 0 Å². The predicted octanol–water partition coefficient (Wildman–Crippen LogP) is 5.57. The van der Waals surface area contributed by atoms with Crippen LogP contribution in [-0.4, -0.2) is 7.11 Å². The fraction of sp³-hybridized carbons (Fsp3) is 0.625. The summed E-state index contributed by atoms with van der Waals surface area (Å²) >= 11 is 1.23. The zero-order chi connectivity index (χ0) is 15.3. The lowest BCUT2D eigenvalue weighted by atomic mass is 9.89. The van der Waals surface area contributed by atoms with Gasteiger partial charge < -0.3 is 0 Å². The van der Waals surface area contributed by atoms with Gasteiger partial charge in [-0.3, -0.25) is 0 Å². The minimum absolute atomic E-state index is 0.430. The van der Waals surface area contributed by atoms with Gasteiger partial charge in [-0.1, -0.05) is 58.7 Å². The second kappa shape index (κ2) is 8.03. The zero-order valence-corrected chi connectivity index (χ0v) is 14.3. The van der Waals surface area contributed by atoms with Crippen LogP contribution in [-0.2, 0) is 14.3 Å². The number of hydrogen-bond acceptors (Lipinski definition) is 4. The molecule has 0 aliphatic carbocycles. The Morgan fingerprint density at radius 1 is 0.850 bits per heavy atom. The number of hydrogen-bond donors (Lipinski definition) is 0. The first-order valence-electron chi connectivity index (χ1n) is 7.10. The van der Waals surface area contributed by atoms with Crippen molar-refractivity contribution in [3.05, 3.63) is 28.8 Å². The van der Waals surface area contributed by atoms with Gasteiger partial charge in [0.25, 0.3) is 0 Å². The molecule has 1 rings (SSSR count). The SMILES string of the molecule is COOOSc1c(C(C)C)cc(C(C)C)cc1C(C)C. The molecule has 0 radical (unpaired) electrons. The highest BCUT2D eigenvalue weighted by molar-refractivity contribution is 7.94. The lowest BCUT2D eigenvalue weighted by Crippen LogP contribution is -2.03. The van der Waals surface area contributed by atoms with E-state index >= 15 is 0 Å². The number of rotatable bonds is 7. The molecule has 4 heteroatoms. The summed E-state index contributed by atoms with van der Waals surface area (Å²) < 4.78 is 5.05. The van der Waals surface area contributed by atoms with E-state index in [9.17, 15) is 0 Å². The van der Waals surface area contributed by atoms with Gasteiger partial charge in [0.15, 0.2) is 0 Å². The van der Waals surface area contributed by atoms with Gasteiger partial charge in [0.05, 0.1) is 19.2 Å². The van der Waals surface area contributed by atoms with Gasteiger partial charge in [-0.25, -0.2) is 4.89 Å². The maximum absolute atomic E-state index is 5.05. The average Bonchev–Trinajstić information content (AvgIpc) is 2.37. The van der Waals surface area contributed by atoms with E-state index in [0.717, 1.165) is 4.90 Å². The summed E-state index contributed by atoms with van der Waals surface area (Å²) in [6, 6.07) is 4.55. The molecular weight excluding hydrogens is 272 g/mol. The third kappa shape index (κ3) is 4.48. The van der Waals surface area contributed by atoms with Crippen molar-refractivity contribution in [3.8, 4) is 0 Å². The van der Waals surface area contributed by atoms with Crippen molar-refractivity contribution in [2.45, 2.75) is 64.2 Å². The van der Waals surface area contributed by atoms with Crippen LogP contribution in [0.15, 0.2) is 17.0 Å². The van der Waals surface area contributed by atoms with Crippen molar-refractivity contribution >= 4 is 12.0 Å². The van der Waals surface area contributed by atoms with Crippen LogP contribution in [0.25, 0.3) is 0 Å². The Hall–Kier alpha value is -0.550. The van der Waals surface area contributed by atoms with Crippen molar-refractivity contribution in [2.75, 3.05) is 7.11 Å². The van der Waals surface area contributed by atoms with Crippen LogP contribution in [0.1, 0.15) is 76.0 Å². The summed E-state index contributed by atoms with van der Waals surface area (Å²) in [5.41, 5.74) is 3.96. The Bertz CT molecular complexity index is 399. The average molecular weight is 298 g/mol. The van der Waals surface area contributed by atoms with E-state index in [0.29, 0.717) is 17.8 Å². The molecule has 1 aromatic rings. The Morgan fingerprint density at radius 3 is 1.70 bits per heavy atom. The molecule has 0 atom stereocenters. The molecule has 1 aromatic carbocycles. The van der Waals surface area contributed by atoms with E-state index < -0.39 is 0 Å². The van der Waals surface area contributed by atoms with E-state index in [1.54, 1.807) is 0 Å². The van der Waals surface area contributed by atoms with Gasteiger partial charge in [-0.15, -0.1) is 4.33 Å². The minimum atomic E-state index is 0.430. The molecule has 0 aliphatic heterocycles. The molecule has 0 saturated carbocycles. The standard InChI is InChI=1S/C16H26O3S/c1-10(2)13-8-14(11(3)4)16(20-19-18-17-7)15(9-13)12(5)6/h8-12H,1-7H3. The minimum Gasteiger partial charge on any atom is -0.209 e. The molecule has 0 aliphatic rings. The van der Waals surface area contributed by atoms with Gasteiger partial charge in [0, 0.05) is 4.90 Å². The smallest absolute Gasteiger partial charge is 0.0744 e. The van der Waals surface area contributed by atoms with E-state index in [-0.39, 0.29) is 0 Å². The lowest BCUT2D eigenvalue weighted by molar-refractivity contribution is -0.447. The Kier molecular flexibility index (Phi) is 7.03. The maximum atomic E-state index is 5.05. The summed E-state index contributed by atoms with van der Waals surface area (Å²) in [4.78, 5) is 5.62. The molecule has 0 amide bonds. The highest BCUT2D eigenvalue weighted by atomic mass is 32.2. The zero-order valence-electron chi connectivity index (χ0n) is 13.5. The summed E-state index contributed by atoms with van der Waals surface area (Å²) in [6.07, 6.45) is 0. The summed E-state index contributed by atoms with van der Waals surface area (Å²) in [7, 11) is 1.43. The molecule has 3 nitrogen and oxygen atoms in total. The maximum Gasteiger partial charge on any atom is 0.0744 e. The van der Waals surface area contributed by atoms with Gasteiger partial charge in [-0.2, -0.15) is 0 Å². The second-order valence-corrected chi connectivity index (χ2v) is 6.59. The summed E-state index contributed by atoms with van der Waals surface area (Å²) in [6.45, 7) is 13.2. The Labute approximate surface area is 127 Å². The Morgan fingerprint density at radius 2 is 1.35 bits per heavy atom. The van der Waals surface area contributed by atoms with Gasteiger partial charge in [0.1, 0.15) is 0 Å². The summed E-state index contributed by atoms with van der Waals surface area (Å²) in [5, 5.41) is 4.55. The molecule has 0 aromatic heterocycles. The molecule has 20 heavy (non-hydrogen) atoms. The van der Waals surface area contributed by atoms with Crippen LogP contribution in [0.2, 0.25) is 0 Å². The molecule has 0 heterocycles. The molecule has 0 N–H and O–H groups in total. The van der Waals surface area contributed by atoms with Crippen molar-refractivity contribution < 1.29 is 14.3 Å². The Balaban J connectivity index is 3.27. The molecule has 0 fully saturated rings. The summed E-state index contributed by atoms with van der Waals surface area (Å²) in [5.74, 6) is 1.37. The van der Waals surface area contributed by atoms with Crippen LogP contribution in [0.3, 0.4) is 0 Å². The largest absolute Gasteiger partial charge is 0.209 e. The monoisotopic (exact) mass is 298 g/mol. The van der Waals surface area contributed by atoms with Gasteiger partial charge in [-0.05, 0) is 34.4 Å². The van der Waals surface area contributed by atoms with Crippen molar-refractivity contribution in [1.82, 2.24) is 0 Å². The highest BCUT2D eigenvalue weighted by Gasteiger charge is 2.18. The topological polar surface area (TPSA) is 27.7 Å². The first-order chi connectivity index (χ1) is 9.38. The van der Waals surface area contributed by atoms with E-state index in [1.165, 1.54) is 35.8 Å². The van der Waals surface area contributed by atoms with E-state index in [4.69, 9.17) is 4.33 Å². The van der Waals surface area contributed by atoms with Crippen LogP contribution in [0.4, 0.5) is 0 Å². The molecule has 0 spiro atoms. The van der Waals surface area contributed by atoms with Crippen LogP contribution < -0.4 is 0 Å². The van der Waals surface area contributed by atoms with E-state index in [1.807, 2.05) is 0 Å². The van der Waals surface area contributed by atoms with Crippen LogP contribution in [0.5, 0.6) is 0 Å². The van der Waals surface area contributed by atoms with Crippen LogP contribution >= 0.6 is 12.0 Å². The first kappa shape index (κ1) is 17.5. The normalized spacial score (nSPS) is 11.9. The predicted molar refractivity (Wildman–Crippen MR) is 83.7 cm³/mol. The molecule has 0 saturated heterocycles. The number of benzene rings is 1. The van der Waals surface area contributed by atoms with Gasteiger partial charge in [0.2, 0.25) is 0 Å². The fourth-order valence-corrected chi connectivity index (χ4v) is 2.99. The van der Waals surface area contributed by atoms with Gasteiger partial charge >= 0.3 is 0 Å². The highest BCUT2D eigenvalue weighted by Crippen LogP contribution is 2.38.